The van der Waals surface area contributed by atoms with Crippen molar-refractivity contribution < 1.29 is 4.92 Å². The van der Waals surface area contributed by atoms with E-state index in [1.165, 1.54) is 12.1 Å². The van der Waals surface area contributed by atoms with E-state index in [2.05, 4.69) is 0 Å². The molecule has 13 heavy (non-hydrogen) atoms. The molecule has 0 heterocycles. The van der Waals surface area contributed by atoms with E-state index < -0.39 is 4.92 Å². The van der Waals surface area contributed by atoms with Crippen molar-refractivity contribution in [1.82, 2.24) is 0 Å². The summed E-state index contributed by atoms with van der Waals surface area (Å²) in [6.07, 6.45) is 0. The number of hydrogen-bond acceptors (Lipinski definition) is 3. The van der Waals surface area contributed by atoms with Crippen LogP contribution in [0.15, 0.2) is 24.3 Å². The first-order valence-electron chi connectivity index (χ1n) is 3.71. The van der Waals surface area contributed by atoms with Crippen LogP contribution in [0.3, 0.4) is 0 Å². The first-order valence-corrected chi connectivity index (χ1v) is 4.24. The van der Waals surface area contributed by atoms with Crippen LogP contribution in [0.2, 0.25) is 0 Å². The minimum atomic E-state index is -0.448. The third-order valence-corrected chi connectivity index (χ3v) is 2.03. The molecule has 0 unspecified atom stereocenters. The number of nitro benzene ring substituents is 1. The average molecular weight is 201 g/mol. The Morgan fingerprint density at radius 1 is 1.46 bits per heavy atom. The molecule has 1 aromatic rings. The summed E-state index contributed by atoms with van der Waals surface area (Å²) in [5.74, 6) is 0.303. The summed E-state index contributed by atoms with van der Waals surface area (Å²) < 4.78 is 0. The number of alkyl halides is 1. The summed E-state index contributed by atoms with van der Waals surface area (Å²) in [5, 5.41) is 10.3. The molecule has 0 bridgehead atoms. The standard InChI is InChI=1S/C8H9ClN2O2/c9-5-8(10)6-1-3-7(4-2-6)11(12)13/h1-4,8H,5,10H2/t8-/m1/s1. The highest BCUT2D eigenvalue weighted by Gasteiger charge is 2.07. The van der Waals surface area contributed by atoms with E-state index in [-0.39, 0.29) is 11.7 Å². The van der Waals surface area contributed by atoms with E-state index in [1.54, 1.807) is 12.1 Å². The Kier molecular flexibility index (Phi) is 3.22. The lowest BCUT2D eigenvalue weighted by Gasteiger charge is -2.06. The molecular weight excluding hydrogens is 192 g/mol. The Balaban J connectivity index is 2.87. The molecule has 4 nitrogen and oxygen atoms in total. The average Bonchev–Trinajstić information content (AvgIpc) is 2.17. The summed E-state index contributed by atoms with van der Waals surface area (Å²) in [7, 11) is 0. The van der Waals surface area contributed by atoms with Crippen LogP contribution < -0.4 is 5.73 Å². The Hall–Kier alpha value is -1.13. The Labute approximate surface area is 80.5 Å². The minimum Gasteiger partial charge on any atom is -0.323 e. The van der Waals surface area contributed by atoms with Crippen molar-refractivity contribution in [3.8, 4) is 0 Å². The molecule has 70 valence electrons. The van der Waals surface area contributed by atoms with Gasteiger partial charge in [0.05, 0.1) is 4.92 Å². The van der Waals surface area contributed by atoms with Gasteiger partial charge in [0.1, 0.15) is 0 Å². The molecule has 0 saturated carbocycles. The molecule has 1 atom stereocenters. The summed E-state index contributed by atoms with van der Waals surface area (Å²) in [6.45, 7) is 0. The predicted octanol–water partition coefficient (Wildman–Crippen LogP) is 1.83. The fourth-order valence-corrected chi connectivity index (χ4v) is 1.11. The second-order valence-corrected chi connectivity index (χ2v) is 2.92. The van der Waals surface area contributed by atoms with Crippen LogP contribution in [0.4, 0.5) is 5.69 Å². The van der Waals surface area contributed by atoms with Gasteiger partial charge < -0.3 is 5.73 Å². The Morgan fingerprint density at radius 3 is 2.38 bits per heavy atom. The molecule has 1 aromatic carbocycles. The van der Waals surface area contributed by atoms with Gasteiger partial charge in [-0.05, 0) is 5.56 Å². The van der Waals surface area contributed by atoms with Gasteiger partial charge in [0.2, 0.25) is 0 Å². The largest absolute Gasteiger partial charge is 0.323 e. The molecule has 2 N–H and O–H groups in total. The fourth-order valence-electron chi connectivity index (χ4n) is 0.932. The van der Waals surface area contributed by atoms with Gasteiger partial charge in [-0.1, -0.05) is 12.1 Å². The Bertz CT molecular complexity index is 300. The molecular formula is C8H9ClN2O2. The van der Waals surface area contributed by atoms with Gasteiger partial charge in [0.15, 0.2) is 0 Å². The highest BCUT2D eigenvalue weighted by Crippen LogP contribution is 2.16. The smallest absolute Gasteiger partial charge is 0.269 e. The van der Waals surface area contributed by atoms with E-state index >= 15 is 0 Å². The predicted molar refractivity (Wildman–Crippen MR) is 50.7 cm³/mol. The first-order chi connectivity index (χ1) is 6.15. The van der Waals surface area contributed by atoms with Crippen molar-refractivity contribution >= 4 is 17.3 Å². The van der Waals surface area contributed by atoms with Crippen molar-refractivity contribution in [1.29, 1.82) is 0 Å². The van der Waals surface area contributed by atoms with Gasteiger partial charge in [-0.25, -0.2) is 0 Å². The van der Waals surface area contributed by atoms with Crippen LogP contribution >= 0.6 is 11.6 Å². The highest BCUT2D eigenvalue weighted by atomic mass is 35.5. The van der Waals surface area contributed by atoms with Crippen molar-refractivity contribution in [2.24, 2.45) is 5.73 Å². The number of nitrogens with two attached hydrogens (primary N) is 1. The van der Waals surface area contributed by atoms with Gasteiger partial charge in [-0.3, -0.25) is 10.1 Å². The zero-order valence-electron chi connectivity index (χ0n) is 6.81. The van der Waals surface area contributed by atoms with Crippen LogP contribution in [0.25, 0.3) is 0 Å². The zero-order chi connectivity index (χ0) is 9.84. The van der Waals surface area contributed by atoms with Crippen molar-refractivity contribution in [3.05, 3.63) is 39.9 Å². The lowest BCUT2D eigenvalue weighted by molar-refractivity contribution is -0.384. The second-order valence-electron chi connectivity index (χ2n) is 2.61. The van der Waals surface area contributed by atoms with Crippen molar-refractivity contribution in [2.45, 2.75) is 6.04 Å². The number of benzene rings is 1. The highest BCUT2D eigenvalue weighted by molar-refractivity contribution is 6.18. The molecule has 0 aliphatic rings. The van der Waals surface area contributed by atoms with E-state index in [0.717, 1.165) is 5.56 Å². The van der Waals surface area contributed by atoms with Gasteiger partial charge in [-0.15, -0.1) is 11.6 Å². The number of hydrogen-bond donors (Lipinski definition) is 1. The molecule has 0 saturated heterocycles. The fraction of sp³-hybridized carbons (Fsp3) is 0.250. The quantitative estimate of drug-likeness (QED) is 0.460. The number of nitro groups is 1. The topological polar surface area (TPSA) is 69.2 Å². The summed E-state index contributed by atoms with van der Waals surface area (Å²) in [4.78, 5) is 9.85. The SMILES string of the molecule is N[C@H](CCl)c1ccc([N+](=O)[O-])cc1. The molecule has 0 aliphatic heterocycles. The third kappa shape index (κ3) is 2.40. The van der Waals surface area contributed by atoms with Crippen molar-refractivity contribution in [2.75, 3.05) is 5.88 Å². The van der Waals surface area contributed by atoms with Crippen LogP contribution in [0, 0.1) is 10.1 Å². The molecule has 0 fully saturated rings. The van der Waals surface area contributed by atoms with Crippen molar-refractivity contribution in [3.63, 3.8) is 0 Å². The first kappa shape index (κ1) is 9.95. The van der Waals surface area contributed by atoms with Crippen LogP contribution in [0.5, 0.6) is 0 Å². The lowest BCUT2D eigenvalue weighted by Crippen LogP contribution is -2.11. The molecule has 1 rings (SSSR count). The number of non-ortho nitro benzene ring substituents is 1. The van der Waals surface area contributed by atoms with Gasteiger partial charge in [0, 0.05) is 24.1 Å². The van der Waals surface area contributed by atoms with E-state index in [0.29, 0.717) is 5.88 Å². The van der Waals surface area contributed by atoms with Crippen LogP contribution in [0.1, 0.15) is 11.6 Å². The maximum atomic E-state index is 10.3. The van der Waals surface area contributed by atoms with Gasteiger partial charge in [-0.2, -0.15) is 0 Å². The van der Waals surface area contributed by atoms with E-state index in [9.17, 15) is 10.1 Å². The monoisotopic (exact) mass is 200 g/mol. The molecule has 0 aromatic heterocycles. The van der Waals surface area contributed by atoms with Crippen LogP contribution in [-0.4, -0.2) is 10.8 Å². The zero-order valence-corrected chi connectivity index (χ0v) is 7.57. The molecule has 0 amide bonds. The molecule has 0 spiro atoms. The van der Waals surface area contributed by atoms with Gasteiger partial charge >= 0.3 is 0 Å². The van der Waals surface area contributed by atoms with E-state index in [1.807, 2.05) is 0 Å². The van der Waals surface area contributed by atoms with Crippen LogP contribution in [-0.2, 0) is 0 Å². The molecule has 5 heteroatoms. The lowest BCUT2D eigenvalue weighted by atomic mass is 10.1. The number of halogens is 1. The Morgan fingerprint density at radius 2 is 2.00 bits per heavy atom. The molecule has 0 aliphatic carbocycles. The third-order valence-electron chi connectivity index (χ3n) is 1.70. The normalized spacial score (nSPS) is 12.5. The summed E-state index contributed by atoms with van der Waals surface area (Å²) >= 11 is 5.53. The number of rotatable bonds is 3. The number of nitrogens with zero attached hydrogens (tertiary/aromatic N) is 1. The van der Waals surface area contributed by atoms with E-state index in [4.69, 9.17) is 17.3 Å². The molecule has 0 radical (unpaired) electrons. The second kappa shape index (κ2) is 4.20. The summed E-state index contributed by atoms with van der Waals surface area (Å²) in [6, 6.07) is 5.81. The minimum absolute atomic E-state index is 0.0607. The summed E-state index contributed by atoms with van der Waals surface area (Å²) in [5.41, 5.74) is 6.49. The maximum Gasteiger partial charge on any atom is 0.269 e. The maximum absolute atomic E-state index is 10.3. The van der Waals surface area contributed by atoms with Gasteiger partial charge in [0.25, 0.3) is 5.69 Å².